The van der Waals surface area contributed by atoms with E-state index in [4.69, 9.17) is 9.72 Å². The van der Waals surface area contributed by atoms with Crippen LogP contribution in [-0.2, 0) is 17.8 Å². The molecule has 1 N–H and O–H groups in total. The number of nitrogens with one attached hydrogen (secondary N) is 1. The average molecular weight is 430 g/mol. The summed E-state index contributed by atoms with van der Waals surface area (Å²) in [6.45, 7) is 7.79. The van der Waals surface area contributed by atoms with Gasteiger partial charge in [-0.1, -0.05) is 69.3 Å². The van der Waals surface area contributed by atoms with Gasteiger partial charge < -0.3 is 14.6 Å². The Bertz CT molecular complexity index is 1220. The molecule has 1 aromatic heterocycles. The van der Waals surface area contributed by atoms with Crippen molar-refractivity contribution in [2.75, 3.05) is 13.2 Å². The zero-order valence-electron chi connectivity index (χ0n) is 19.1. The number of amides is 1. The summed E-state index contributed by atoms with van der Waals surface area (Å²) in [7, 11) is 0. The van der Waals surface area contributed by atoms with E-state index in [9.17, 15) is 4.79 Å². The Morgan fingerprint density at radius 3 is 2.59 bits per heavy atom. The lowest BCUT2D eigenvalue weighted by Gasteiger charge is -2.17. The van der Waals surface area contributed by atoms with Gasteiger partial charge in [-0.15, -0.1) is 0 Å². The van der Waals surface area contributed by atoms with Gasteiger partial charge in [0.05, 0.1) is 17.6 Å². The summed E-state index contributed by atoms with van der Waals surface area (Å²) in [5, 5.41) is 5.35. The van der Waals surface area contributed by atoms with Crippen molar-refractivity contribution < 1.29 is 9.53 Å². The van der Waals surface area contributed by atoms with Crippen LogP contribution in [0.4, 0.5) is 0 Å². The fourth-order valence-corrected chi connectivity index (χ4v) is 3.85. The third-order valence-corrected chi connectivity index (χ3v) is 5.58. The number of aryl methyl sites for hydroxylation is 1. The maximum absolute atomic E-state index is 12.2. The third kappa shape index (κ3) is 4.93. The average Bonchev–Trinajstić information content (AvgIpc) is 3.13. The molecule has 5 nitrogen and oxygen atoms in total. The molecule has 166 valence electrons. The maximum atomic E-state index is 12.2. The van der Waals surface area contributed by atoms with Gasteiger partial charge in [-0.2, -0.15) is 0 Å². The van der Waals surface area contributed by atoms with Crippen LogP contribution in [0.3, 0.4) is 0 Å². The lowest BCUT2D eigenvalue weighted by molar-refractivity contribution is -0.128. The maximum Gasteiger partial charge on any atom is 0.225 e. The monoisotopic (exact) mass is 429 g/mol. The zero-order valence-corrected chi connectivity index (χ0v) is 19.1. The molecule has 3 aromatic carbocycles. The predicted molar refractivity (Wildman–Crippen MR) is 130 cm³/mol. The first-order valence-electron chi connectivity index (χ1n) is 11.3. The van der Waals surface area contributed by atoms with Crippen LogP contribution in [-0.4, -0.2) is 28.6 Å². The lowest BCUT2D eigenvalue weighted by atomic mass is 9.96. The number of imidazole rings is 1. The molecule has 1 amide bonds. The highest BCUT2D eigenvalue weighted by atomic mass is 16.5. The van der Waals surface area contributed by atoms with Crippen molar-refractivity contribution in [3.05, 3.63) is 72.6 Å². The van der Waals surface area contributed by atoms with Gasteiger partial charge in [0.1, 0.15) is 11.6 Å². The van der Waals surface area contributed by atoms with Crippen LogP contribution >= 0.6 is 0 Å². The Kier molecular flexibility index (Phi) is 6.45. The summed E-state index contributed by atoms with van der Waals surface area (Å²) < 4.78 is 8.38. The molecule has 0 bridgehead atoms. The number of ether oxygens (including phenoxy) is 1. The molecular weight excluding hydrogens is 398 g/mol. The zero-order chi connectivity index (χ0) is 22.6. The van der Waals surface area contributed by atoms with Gasteiger partial charge in [-0.3, -0.25) is 4.79 Å². The van der Waals surface area contributed by atoms with Crippen LogP contribution in [0.2, 0.25) is 0 Å². The Hall–Kier alpha value is -3.34. The Morgan fingerprint density at radius 1 is 1.00 bits per heavy atom. The van der Waals surface area contributed by atoms with Gasteiger partial charge in [0, 0.05) is 30.3 Å². The summed E-state index contributed by atoms with van der Waals surface area (Å²) in [5.74, 6) is 1.97. The second-order valence-corrected chi connectivity index (χ2v) is 9.10. The number of benzene rings is 3. The molecule has 0 saturated heterocycles. The Morgan fingerprint density at radius 2 is 1.75 bits per heavy atom. The van der Waals surface area contributed by atoms with Crippen molar-refractivity contribution in [3.63, 3.8) is 0 Å². The highest BCUT2D eigenvalue weighted by molar-refractivity contribution is 5.88. The molecule has 0 aliphatic carbocycles. The van der Waals surface area contributed by atoms with Crippen molar-refractivity contribution in [1.82, 2.24) is 14.9 Å². The Labute approximate surface area is 189 Å². The van der Waals surface area contributed by atoms with Gasteiger partial charge in [-0.05, 0) is 30.0 Å². The molecular formula is C27H31N3O2. The van der Waals surface area contributed by atoms with E-state index in [2.05, 4.69) is 34.1 Å². The molecule has 4 aromatic rings. The summed E-state index contributed by atoms with van der Waals surface area (Å²) in [5.41, 5.74) is 1.72. The van der Waals surface area contributed by atoms with Gasteiger partial charge >= 0.3 is 0 Å². The first kappa shape index (κ1) is 21.9. The highest BCUT2D eigenvalue weighted by Gasteiger charge is 2.20. The molecule has 32 heavy (non-hydrogen) atoms. The van der Waals surface area contributed by atoms with Crippen LogP contribution < -0.4 is 10.1 Å². The smallest absolute Gasteiger partial charge is 0.225 e. The minimum absolute atomic E-state index is 0.0589. The summed E-state index contributed by atoms with van der Waals surface area (Å²) in [4.78, 5) is 17.0. The van der Waals surface area contributed by atoms with E-state index in [1.807, 2.05) is 63.2 Å². The van der Waals surface area contributed by atoms with E-state index >= 15 is 0 Å². The predicted octanol–water partition coefficient (Wildman–Crippen LogP) is 5.36. The van der Waals surface area contributed by atoms with Gasteiger partial charge in [0.15, 0.2) is 0 Å². The van der Waals surface area contributed by atoms with Crippen LogP contribution in [0.25, 0.3) is 21.8 Å². The second-order valence-electron chi connectivity index (χ2n) is 9.10. The number of fused-ring (bicyclic) bond motifs is 2. The van der Waals surface area contributed by atoms with Crippen LogP contribution in [0.1, 0.15) is 33.0 Å². The molecule has 0 atom stereocenters. The van der Waals surface area contributed by atoms with Crippen molar-refractivity contribution >= 4 is 27.7 Å². The summed E-state index contributed by atoms with van der Waals surface area (Å²) >= 11 is 0. The van der Waals surface area contributed by atoms with Crippen molar-refractivity contribution in [3.8, 4) is 5.75 Å². The molecule has 5 heteroatoms. The SMILES string of the molecule is CC(C)(C)C(=O)NCCc1nc2ccccc2n1CCCOc1cccc2ccccc12. The first-order valence-corrected chi connectivity index (χ1v) is 11.3. The van der Waals surface area contributed by atoms with Crippen LogP contribution in [0.15, 0.2) is 66.7 Å². The molecule has 0 radical (unpaired) electrons. The molecule has 4 rings (SSSR count). The van der Waals surface area contributed by atoms with Crippen molar-refractivity contribution in [2.24, 2.45) is 5.41 Å². The lowest BCUT2D eigenvalue weighted by Crippen LogP contribution is -2.36. The topological polar surface area (TPSA) is 56.2 Å². The molecule has 0 aliphatic rings. The molecule has 0 spiro atoms. The normalized spacial score (nSPS) is 11.7. The van der Waals surface area contributed by atoms with Crippen molar-refractivity contribution in [2.45, 2.75) is 40.2 Å². The van der Waals surface area contributed by atoms with E-state index in [1.165, 1.54) is 5.39 Å². The van der Waals surface area contributed by atoms with Gasteiger partial charge in [0.25, 0.3) is 0 Å². The quantitative estimate of drug-likeness (QED) is 0.384. The first-order chi connectivity index (χ1) is 15.4. The molecule has 0 saturated carbocycles. The molecule has 0 aliphatic heterocycles. The minimum atomic E-state index is -0.390. The number of carbonyl (C=O) groups is 1. The Balaban J connectivity index is 1.41. The minimum Gasteiger partial charge on any atom is -0.493 e. The number of hydrogen-bond acceptors (Lipinski definition) is 3. The van der Waals surface area contributed by atoms with Crippen molar-refractivity contribution in [1.29, 1.82) is 0 Å². The largest absolute Gasteiger partial charge is 0.493 e. The van der Waals surface area contributed by atoms with Gasteiger partial charge in [0.2, 0.25) is 5.91 Å². The van der Waals surface area contributed by atoms with E-state index in [-0.39, 0.29) is 11.3 Å². The van der Waals surface area contributed by atoms with Crippen LogP contribution in [0, 0.1) is 5.41 Å². The van der Waals surface area contributed by atoms with E-state index in [0.717, 1.165) is 41.0 Å². The second kappa shape index (κ2) is 9.43. The van der Waals surface area contributed by atoms with Gasteiger partial charge in [-0.25, -0.2) is 4.98 Å². The third-order valence-electron chi connectivity index (χ3n) is 5.58. The van der Waals surface area contributed by atoms with E-state index in [0.29, 0.717) is 19.6 Å². The highest BCUT2D eigenvalue weighted by Crippen LogP contribution is 2.25. The molecule has 1 heterocycles. The molecule has 0 fully saturated rings. The molecule has 0 unspecified atom stereocenters. The van der Waals surface area contributed by atoms with E-state index in [1.54, 1.807) is 0 Å². The number of para-hydroxylation sites is 2. The number of hydrogen-bond donors (Lipinski definition) is 1. The number of carbonyl (C=O) groups excluding carboxylic acids is 1. The fraction of sp³-hybridized carbons (Fsp3) is 0.333. The number of rotatable bonds is 8. The standard InChI is InChI=1S/C27H31N3O2/c1-27(2,3)26(31)28-17-16-25-29-22-13-6-7-14-23(22)30(25)18-9-19-32-24-15-8-11-20-10-4-5-12-21(20)24/h4-8,10-15H,9,16-19H2,1-3H3,(H,28,31). The number of nitrogens with zero attached hydrogens (tertiary/aromatic N) is 2. The summed E-state index contributed by atoms with van der Waals surface area (Å²) in [6, 6.07) is 22.6. The summed E-state index contributed by atoms with van der Waals surface area (Å²) in [6.07, 6.45) is 1.56. The van der Waals surface area contributed by atoms with E-state index < -0.39 is 0 Å². The number of aromatic nitrogens is 2. The fourth-order valence-electron chi connectivity index (χ4n) is 3.85. The van der Waals surface area contributed by atoms with Crippen LogP contribution in [0.5, 0.6) is 5.75 Å².